The largest absolute Gasteiger partial charge is 0.456 e. The number of amides is 1. The van der Waals surface area contributed by atoms with Gasteiger partial charge in [-0.1, -0.05) is 19.1 Å². The Balaban J connectivity index is 1.39. The smallest absolute Gasteiger partial charge is 0.306 e. The van der Waals surface area contributed by atoms with Crippen molar-refractivity contribution in [1.82, 2.24) is 19.5 Å². The summed E-state index contributed by atoms with van der Waals surface area (Å²) in [5, 5.41) is 5.66. The lowest BCUT2D eigenvalue weighted by Crippen LogP contribution is -2.40. The predicted octanol–water partition coefficient (Wildman–Crippen LogP) is 3.23. The van der Waals surface area contributed by atoms with E-state index in [1.54, 1.807) is 4.90 Å². The van der Waals surface area contributed by atoms with E-state index in [2.05, 4.69) is 12.0 Å². The minimum Gasteiger partial charge on any atom is -0.456 e. The van der Waals surface area contributed by atoms with Crippen molar-refractivity contribution in [3.63, 3.8) is 0 Å². The molecule has 158 valence electrons. The van der Waals surface area contributed by atoms with Crippen LogP contribution in [0.2, 0.25) is 0 Å². The Kier molecular flexibility index (Phi) is 5.70. The number of benzene rings is 1. The Morgan fingerprint density at radius 2 is 1.90 bits per heavy atom. The molecule has 1 fully saturated rings. The molecule has 1 saturated heterocycles. The fraction of sp³-hybridized carbons (Fsp3) is 0.478. The topological polar surface area (TPSA) is 76.8 Å². The van der Waals surface area contributed by atoms with Gasteiger partial charge in [0.1, 0.15) is 0 Å². The van der Waals surface area contributed by atoms with E-state index in [4.69, 9.17) is 9.72 Å². The third-order valence-electron chi connectivity index (χ3n) is 6.09. The van der Waals surface area contributed by atoms with E-state index in [1.807, 2.05) is 42.6 Å². The number of esters is 1. The first kappa shape index (κ1) is 20.3. The highest BCUT2D eigenvalue weighted by Crippen LogP contribution is 2.23. The van der Waals surface area contributed by atoms with Gasteiger partial charge in [-0.25, -0.2) is 9.50 Å². The summed E-state index contributed by atoms with van der Waals surface area (Å²) in [6, 6.07) is 7.92. The van der Waals surface area contributed by atoms with Gasteiger partial charge >= 0.3 is 5.97 Å². The van der Waals surface area contributed by atoms with Gasteiger partial charge in [0.05, 0.1) is 5.52 Å². The normalized spacial score (nSPS) is 15.1. The molecule has 7 nitrogen and oxygen atoms in total. The maximum Gasteiger partial charge on any atom is 0.306 e. The number of likely N-dealkylation sites (tertiary alicyclic amines) is 1. The van der Waals surface area contributed by atoms with Gasteiger partial charge in [-0.05, 0) is 56.7 Å². The predicted molar refractivity (Wildman–Crippen MR) is 114 cm³/mol. The molecule has 3 aromatic rings. The lowest BCUT2D eigenvalue weighted by Gasteiger charge is -2.30. The molecule has 30 heavy (non-hydrogen) atoms. The van der Waals surface area contributed by atoms with E-state index in [-0.39, 0.29) is 24.9 Å². The molecule has 0 saturated carbocycles. The number of aromatic nitrogens is 3. The van der Waals surface area contributed by atoms with Crippen LogP contribution in [0.4, 0.5) is 0 Å². The Morgan fingerprint density at radius 1 is 1.17 bits per heavy atom. The first-order valence-electron chi connectivity index (χ1n) is 10.6. The highest BCUT2D eigenvalue weighted by Gasteiger charge is 2.21. The molecule has 0 radical (unpaired) electrons. The van der Waals surface area contributed by atoms with Crippen LogP contribution in [0.5, 0.6) is 0 Å². The van der Waals surface area contributed by atoms with Crippen molar-refractivity contribution < 1.29 is 14.3 Å². The number of nitrogens with zero attached hydrogens (tertiary/aromatic N) is 4. The van der Waals surface area contributed by atoms with Gasteiger partial charge in [0, 0.05) is 36.3 Å². The number of hydrogen-bond acceptors (Lipinski definition) is 5. The molecule has 0 N–H and O–H groups in total. The second-order valence-electron chi connectivity index (χ2n) is 8.24. The maximum absolute atomic E-state index is 12.3. The first-order valence-corrected chi connectivity index (χ1v) is 10.6. The summed E-state index contributed by atoms with van der Waals surface area (Å²) >= 11 is 0. The molecule has 4 rings (SSSR count). The third kappa shape index (κ3) is 4.01. The third-order valence-corrected chi connectivity index (χ3v) is 6.09. The van der Waals surface area contributed by atoms with Gasteiger partial charge in [-0.3, -0.25) is 9.59 Å². The lowest BCUT2D eigenvalue weighted by molar-refractivity contribution is -0.152. The number of rotatable bonds is 5. The molecule has 0 spiro atoms. The Morgan fingerprint density at radius 3 is 2.67 bits per heavy atom. The number of carbonyl (C=O) groups excluding carboxylic acids is 2. The van der Waals surface area contributed by atoms with Crippen molar-refractivity contribution in [3.8, 4) is 0 Å². The van der Waals surface area contributed by atoms with Gasteiger partial charge in [0.2, 0.25) is 0 Å². The highest BCUT2D eigenvalue weighted by molar-refractivity contribution is 5.92. The number of piperidine rings is 1. The van der Waals surface area contributed by atoms with Crippen molar-refractivity contribution in [3.05, 3.63) is 41.2 Å². The Bertz CT molecular complexity index is 1100. The molecule has 0 unspecified atom stereocenters. The van der Waals surface area contributed by atoms with Crippen molar-refractivity contribution in [1.29, 1.82) is 0 Å². The molecule has 2 aromatic heterocycles. The van der Waals surface area contributed by atoms with Crippen molar-refractivity contribution in [2.45, 2.75) is 46.5 Å². The fourth-order valence-corrected chi connectivity index (χ4v) is 4.13. The lowest BCUT2D eigenvalue weighted by atomic mass is 9.99. The van der Waals surface area contributed by atoms with Crippen molar-refractivity contribution in [2.75, 3.05) is 19.7 Å². The zero-order valence-electron chi connectivity index (χ0n) is 17.9. The molecule has 1 aliphatic rings. The molecule has 3 heterocycles. The molecule has 7 heteroatoms. The van der Waals surface area contributed by atoms with E-state index < -0.39 is 0 Å². The molecule has 0 bridgehead atoms. The quantitative estimate of drug-likeness (QED) is 0.606. The van der Waals surface area contributed by atoms with E-state index in [0.717, 1.165) is 59.4 Å². The van der Waals surface area contributed by atoms with Gasteiger partial charge in [-0.15, -0.1) is 0 Å². The number of ether oxygens (including phenoxy) is 1. The minimum absolute atomic E-state index is 0.103. The average molecular weight is 409 g/mol. The second-order valence-corrected chi connectivity index (χ2v) is 8.24. The molecular formula is C23H28N4O3. The van der Waals surface area contributed by atoms with Gasteiger partial charge < -0.3 is 9.64 Å². The summed E-state index contributed by atoms with van der Waals surface area (Å²) in [5.74, 6) is 0.189. The maximum atomic E-state index is 12.3. The van der Waals surface area contributed by atoms with E-state index in [9.17, 15) is 9.59 Å². The SMILES string of the molecule is Cc1nc2c3ccccc3nn2c(C)c1CCC(=O)OCC(=O)N1CCC(C)CC1. The summed E-state index contributed by atoms with van der Waals surface area (Å²) in [6.45, 7) is 7.47. The van der Waals surface area contributed by atoms with E-state index in [0.29, 0.717) is 12.3 Å². The van der Waals surface area contributed by atoms with Crippen LogP contribution < -0.4 is 0 Å². The van der Waals surface area contributed by atoms with Gasteiger partial charge in [0.15, 0.2) is 12.3 Å². The Labute approximate surface area is 176 Å². The average Bonchev–Trinajstić information content (AvgIpc) is 3.11. The molecule has 1 amide bonds. The number of carbonyl (C=O) groups is 2. The summed E-state index contributed by atoms with van der Waals surface area (Å²) < 4.78 is 7.09. The molecule has 0 aliphatic carbocycles. The molecule has 1 aliphatic heterocycles. The monoisotopic (exact) mass is 408 g/mol. The summed E-state index contributed by atoms with van der Waals surface area (Å²) in [6.07, 6.45) is 2.73. The standard InChI is InChI=1S/C23H28N4O3/c1-15-10-12-26(13-11-15)21(28)14-30-22(29)9-8-18-16(2)24-23-19-6-4-5-7-20(19)25-27(23)17(18)3/h4-7,15H,8-14H2,1-3H3. The van der Waals surface area contributed by atoms with Gasteiger partial charge in [0.25, 0.3) is 5.91 Å². The number of fused-ring (bicyclic) bond motifs is 3. The van der Waals surface area contributed by atoms with Crippen LogP contribution in [0.25, 0.3) is 16.6 Å². The summed E-state index contributed by atoms with van der Waals surface area (Å²) in [4.78, 5) is 31.0. The Hall–Kier alpha value is -2.96. The van der Waals surface area contributed by atoms with Crippen molar-refractivity contribution in [2.24, 2.45) is 5.92 Å². The highest BCUT2D eigenvalue weighted by atomic mass is 16.5. The number of aryl methyl sites for hydroxylation is 2. The van der Waals surface area contributed by atoms with Gasteiger partial charge in [-0.2, -0.15) is 5.10 Å². The van der Waals surface area contributed by atoms with Crippen LogP contribution in [0.15, 0.2) is 24.3 Å². The fourth-order valence-electron chi connectivity index (χ4n) is 4.13. The first-order chi connectivity index (χ1) is 14.4. The zero-order valence-corrected chi connectivity index (χ0v) is 17.9. The van der Waals surface area contributed by atoms with Crippen LogP contribution in [0.3, 0.4) is 0 Å². The van der Waals surface area contributed by atoms with E-state index in [1.165, 1.54) is 0 Å². The zero-order chi connectivity index (χ0) is 21.3. The van der Waals surface area contributed by atoms with E-state index >= 15 is 0 Å². The number of hydrogen-bond donors (Lipinski definition) is 0. The van der Waals surface area contributed by atoms with Crippen LogP contribution >= 0.6 is 0 Å². The summed E-state index contributed by atoms with van der Waals surface area (Å²) in [7, 11) is 0. The molecule has 1 aromatic carbocycles. The molecular weight excluding hydrogens is 380 g/mol. The van der Waals surface area contributed by atoms with Crippen LogP contribution in [-0.2, 0) is 20.7 Å². The van der Waals surface area contributed by atoms with Crippen LogP contribution in [0, 0.1) is 19.8 Å². The minimum atomic E-state index is -0.363. The van der Waals surface area contributed by atoms with Crippen molar-refractivity contribution >= 4 is 28.4 Å². The van der Waals surface area contributed by atoms with Crippen LogP contribution in [0.1, 0.15) is 43.1 Å². The molecule has 0 atom stereocenters. The second kappa shape index (κ2) is 8.42. The van der Waals surface area contributed by atoms with Crippen LogP contribution in [-0.4, -0.2) is 51.1 Å². The summed E-state index contributed by atoms with van der Waals surface area (Å²) in [5.41, 5.74) is 4.57.